The number of rotatable bonds is 14. The van der Waals surface area contributed by atoms with Crippen LogP contribution in [0, 0.1) is 0 Å². The fraction of sp³-hybridized carbons (Fsp3) is 0.429. The molecule has 3 aromatic carbocycles. The molecule has 236 valence electrons. The topological polar surface area (TPSA) is 86.8 Å². The first-order valence-electron chi connectivity index (χ1n) is 15.6. The van der Waals surface area contributed by atoms with E-state index in [0.29, 0.717) is 18.5 Å². The summed E-state index contributed by atoms with van der Waals surface area (Å²) in [4.78, 5) is 29.7. The Bertz CT molecular complexity index is 1460. The molecule has 1 atom stereocenters. The van der Waals surface area contributed by atoms with Gasteiger partial charge in [0.2, 0.25) is 21.8 Å². The minimum Gasteiger partial charge on any atom is -0.352 e. The third-order valence-corrected chi connectivity index (χ3v) is 10.00. The van der Waals surface area contributed by atoms with Crippen molar-refractivity contribution in [3.05, 3.63) is 100 Å². The van der Waals surface area contributed by atoms with Gasteiger partial charge >= 0.3 is 0 Å². The van der Waals surface area contributed by atoms with Gasteiger partial charge in [-0.15, -0.1) is 0 Å². The Hall–Kier alpha value is -3.17. The van der Waals surface area contributed by atoms with Crippen LogP contribution in [0.15, 0.2) is 83.3 Å². The maximum absolute atomic E-state index is 14.1. The van der Waals surface area contributed by atoms with Crippen LogP contribution in [-0.2, 0) is 39.0 Å². The van der Waals surface area contributed by atoms with E-state index in [4.69, 9.17) is 0 Å². The zero-order valence-electron chi connectivity index (χ0n) is 25.8. The first kappa shape index (κ1) is 33.7. The van der Waals surface area contributed by atoms with Crippen LogP contribution in [0.2, 0.25) is 0 Å². The van der Waals surface area contributed by atoms with Crippen LogP contribution in [0.5, 0.6) is 0 Å². The first-order valence-corrected chi connectivity index (χ1v) is 18.2. The van der Waals surface area contributed by atoms with Gasteiger partial charge in [0.1, 0.15) is 6.04 Å². The molecule has 0 aromatic heterocycles. The molecule has 0 aliphatic heterocycles. The number of hydrogen-bond donors (Lipinski definition) is 1. The highest BCUT2D eigenvalue weighted by Crippen LogP contribution is 2.23. The number of aryl methyl sites for hydroxylation is 1. The van der Waals surface area contributed by atoms with E-state index in [1.54, 1.807) is 4.90 Å². The Kier molecular flexibility index (Phi) is 12.4. The summed E-state index contributed by atoms with van der Waals surface area (Å²) >= 11 is 3.48. The average Bonchev–Trinajstić information content (AvgIpc) is 3.02. The van der Waals surface area contributed by atoms with Crippen LogP contribution < -0.4 is 9.62 Å². The minimum absolute atomic E-state index is 0.109. The van der Waals surface area contributed by atoms with E-state index in [2.05, 4.69) is 28.2 Å². The number of carbonyl (C=O) groups is 2. The van der Waals surface area contributed by atoms with Crippen LogP contribution in [0.25, 0.3) is 0 Å². The molecule has 2 amide bonds. The van der Waals surface area contributed by atoms with Crippen molar-refractivity contribution in [3.63, 3.8) is 0 Å². The van der Waals surface area contributed by atoms with E-state index < -0.39 is 16.1 Å². The predicted molar refractivity (Wildman–Crippen MR) is 181 cm³/mol. The molecule has 9 heteroatoms. The average molecular weight is 683 g/mol. The Balaban J connectivity index is 1.57. The molecule has 7 nitrogen and oxygen atoms in total. The third kappa shape index (κ3) is 9.92. The van der Waals surface area contributed by atoms with Crippen LogP contribution in [0.4, 0.5) is 5.69 Å². The molecule has 1 saturated carbocycles. The number of halogens is 1. The highest BCUT2D eigenvalue weighted by Gasteiger charge is 2.32. The first-order chi connectivity index (χ1) is 21.1. The van der Waals surface area contributed by atoms with Gasteiger partial charge in [-0.3, -0.25) is 13.9 Å². The maximum atomic E-state index is 14.1. The van der Waals surface area contributed by atoms with Crippen molar-refractivity contribution in [3.8, 4) is 0 Å². The molecular formula is C35H44BrN3O4S. The monoisotopic (exact) mass is 681 g/mol. The lowest BCUT2D eigenvalue weighted by Gasteiger charge is -2.34. The van der Waals surface area contributed by atoms with Gasteiger partial charge in [0, 0.05) is 36.4 Å². The molecule has 1 aliphatic rings. The van der Waals surface area contributed by atoms with Crippen LogP contribution in [0.3, 0.4) is 0 Å². The van der Waals surface area contributed by atoms with E-state index in [-0.39, 0.29) is 37.4 Å². The number of sulfonamides is 1. The highest BCUT2D eigenvalue weighted by atomic mass is 79.9. The van der Waals surface area contributed by atoms with Crippen molar-refractivity contribution in [2.24, 2.45) is 0 Å². The lowest BCUT2D eigenvalue weighted by Crippen LogP contribution is -2.52. The van der Waals surface area contributed by atoms with Gasteiger partial charge < -0.3 is 10.2 Å². The molecule has 1 aliphatic carbocycles. The minimum atomic E-state index is -3.56. The summed E-state index contributed by atoms with van der Waals surface area (Å²) in [5.74, 6) is -0.317. The second-order valence-electron chi connectivity index (χ2n) is 11.7. The zero-order valence-corrected chi connectivity index (χ0v) is 28.2. The molecule has 0 bridgehead atoms. The summed E-state index contributed by atoms with van der Waals surface area (Å²) in [5, 5.41) is 3.27. The molecule has 3 aromatic rings. The quantitative estimate of drug-likeness (QED) is 0.207. The standard InChI is InChI=1S/C35H44BrN3O4S/c1-3-27-18-22-32(23-19-27)39(44(2,42)43)24-10-15-34(40)38(26-29-16-20-30(36)21-17-29)33(25-28-11-6-4-7-12-28)35(41)37-31-13-8-5-9-14-31/h4,6-7,11-12,16-23,31,33H,3,5,8-10,13-15,24-26H2,1-2H3,(H,37,41). The third-order valence-electron chi connectivity index (χ3n) is 8.27. The molecule has 0 saturated heterocycles. The van der Waals surface area contributed by atoms with Crippen molar-refractivity contribution >= 4 is 43.5 Å². The van der Waals surface area contributed by atoms with Gasteiger partial charge in [0.05, 0.1) is 11.9 Å². The second-order valence-corrected chi connectivity index (χ2v) is 14.5. The summed E-state index contributed by atoms with van der Waals surface area (Å²) in [6.45, 7) is 2.49. The number of amides is 2. The second kappa shape index (κ2) is 16.2. The molecule has 1 N–H and O–H groups in total. The number of nitrogens with zero attached hydrogens (tertiary/aromatic N) is 2. The lowest BCUT2D eigenvalue weighted by atomic mass is 9.94. The highest BCUT2D eigenvalue weighted by molar-refractivity contribution is 9.10. The summed E-state index contributed by atoms with van der Waals surface area (Å²) < 4.78 is 27.7. The molecule has 0 heterocycles. The van der Waals surface area contributed by atoms with Crippen molar-refractivity contribution in [2.75, 3.05) is 17.1 Å². The van der Waals surface area contributed by atoms with Gasteiger partial charge in [0.15, 0.2) is 0 Å². The zero-order chi connectivity index (χ0) is 31.5. The molecule has 44 heavy (non-hydrogen) atoms. The van der Waals surface area contributed by atoms with Gasteiger partial charge in [-0.05, 0) is 66.6 Å². The Morgan fingerprint density at radius 2 is 1.52 bits per heavy atom. The van der Waals surface area contributed by atoms with E-state index in [1.807, 2.05) is 78.9 Å². The Labute approximate surface area is 271 Å². The summed E-state index contributed by atoms with van der Waals surface area (Å²) in [6, 6.07) is 24.4. The smallest absolute Gasteiger partial charge is 0.243 e. The normalized spacial score (nSPS) is 14.5. The molecule has 1 unspecified atom stereocenters. The maximum Gasteiger partial charge on any atom is 0.243 e. The van der Waals surface area contributed by atoms with Gasteiger partial charge in [-0.25, -0.2) is 8.42 Å². The number of anilines is 1. The van der Waals surface area contributed by atoms with E-state index in [0.717, 1.165) is 53.3 Å². The van der Waals surface area contributed by atoms with Gasteiger partial charge in [-0.2, -0.15) is 0 Å². The molecule has 1 fully saturated rings. The molecule has 4 rings (SSSR count). The van der Waals surface area contributed by atoms with E-state index >= 15 is 0 Å². The Morgan fingerprint density at radius 1 is 0.886 bits per heavy atom. The number of nitrogens with one attached hydrogen (secondary N) is 1. The molecule has 0 radical (unpaired) electrons. The predicted octanol–water partition coefficient (Wildman–Crippen LogP) is 6.65. The van der Waals surface area contributed by atoms with E-state index in [9.17, 15) is 18.0 Å². The summed E-state index contributed by atoms with van der Waals surface area (Å²) in [7, 11) is -3.56. The van der Waals surface area contributed by atoms with Crippen molar-refractivity contribution < 1.29 is 18.0 Å². The van der Waals surface area contributed by atoms with Gasteiger partial charge in [-0.1, -0.05) is 96.7 Å². The van der Waals surface area contributed by atoms with Crippen LogP contribution in [-0.4, -0.2) is 50.0 Å². The van der Waals surface area contributed by atoms with Crippen LogP contribution >= 0.6 is 15.9 Å². The number of benzene rings is 3. The fourth-order valence-corrected chi connectivity index (χ4v) is 7.02. The number of hydrogen-bond acceptors (Lipinski definition) is 4. The van der Waals surface area contributed by atoms with E-state index in [1.165, 1.54) is 17.0 Å². The molecule has 0 spiro atoms. The van der Waals surface area contributed by atoms with Crippen molar-refractivity contribution in [1.29, 1.82) is 0 Å². The summed E-state index contributed by atoms with van der Waals surface area (Å²) in [5.41, 5.74) is 3.59. The lowest BCUT2D eigenvalue weighted by molar-refractivity contribution is -0.141. The Morgan fingerprint density at radius 3 is 2.14 bits per heavy atom. The van der Waals surface area contributed by atoms with Crippen molar-refractivity contribution in [2.45, 2.75) is 83.3 Å². The van der Waals surface area contributed by atoms with Crippen molar-refractivity contribution in [1.82, 2.24) is 10.2 Å². The number of carbonyl (C=O) groups excluding carboxylic acids is 2. The fourth-order valence-electron chi connectivity index (χ4n) is 5.79. The van der Waals surface area contributed by atoms with Crippen LogP contribution in [0.1, 0.15) is 68.6 Å². The van der Waals surface area contributed by atoms with Gasteiger partial charge in [0.25, 0.3) is 0 Å². The SMILES string of the molecule is CCc1ccc(N(CCCC(=O)N(Cc2ccc(Br)cc2)C(Cc2ccccc2)C(=O)NC2CCCCC2)S(C)(=O)=O)cc1. The molecular weight excluding hydrogens is 638 g/mol. The summed E-state index contributed by atoms with van der Waals surface area (Å²) in [6.07, 6.45) is 8.13. The largest absolute Gasteiger partial charge is 0.352 e.